The molecule has 1 aliphatic rings. The van der Waals surface area contributed by atoms with E-state index in [9.17, 15) is 4.79 Å². The summed E-state index contributed by atoms with van der Waals surface area (Å²) in [6.45, 7) is 4.41. The minimum absolute atomic E-state index is 0.254. The normalized spacial score (nSPS) is 21.8. The third-order valence-corrected chi connectivity index (χ3v) is 2.86. The highest BCUT2D eigenvalue weighted by Crippen LogP contribution is 2.43. The third kappa shape index (κ3) is 2.69. The van der Waals surface area contributed by atoms with E-state index in [0.717, 1.165) is 6.42 Å². The number of carbonyl (C=O) groups excluding carboxylic acids is 1. The zero-order valence-corrected chi connectivity index (χ0v) is 8.51. The van der Waals surface area contributed by atoms with Crippen LogP contribution < -0.4 is 5.73 Å². The molecule has 1 atom stereocenters. The van der Waals surface area contributed by atoms with Gasteiger partial charge in [0.2, 0.25) is 0 Å². The molecule has 0 aromatic heterocycles. The summed E-state index contributed by atoms with van der Waals surface area (Å²) in [5.74, 6) is -0.254. The molecule has 0 aromatic rings. The molecule has 1 fully saturated rings. The van der Waals surface area contributed by atoms with Gasteiger partial charge in [0.25, 0.3) is 0 Å². The summed E-state index contributed by atoms with van der Waals surface area (Å²) in [6, 6.07) is -0.426. The number of hydrogen-bond acceptors (Lipinski definition) is 3. The predicted octanol–water partition coefficient (Wildman–Crippen LogP) is 1.46. The smallest absolute Gasteiger partial charge is 0.322 e. The van der Waals surface area contributed by atoms with E-state index in [1.807, 2.05) is 0 Å². The van der Waals surface area contributed by atoms with Crippen LogP contribution in [-0.4, -0.2) is 18.6 Å². The molecule has 1 aliphatic carbocycles. The van der Waals surface area contributed by atoms with Gasteiger partial charge in [-0.25, -0.2) is 0 Å². The van der Waals surface area contributed by atoms with Gasteiger partial charge < -0.3 is 10.5 Å². The molecule has 1 unspecified atom stereocenters. The first-order valence-electron chi connectivity index (χ1n) is 4.99. The summed E-state index contributed by atoms with van der Waals surface area (Å²) >= 11 is 0. The van der Waals surface area contributed by atoms with Crippen LogP contribution in [0.1, 0.15) is 39.5 Å². The number of rotatable bonds is 4. The molecule has 0 aromatic carbocycles. The third-order valence-electron chi connectivity index (χ3n) is 2.86. The minimum atomic E-state index is -0.426. The monoisotopic (exact) mass is 185 g/mol. The van der Waals surface area contributed by atoms with Gasteiger partial charge in [-0.3, -0.25) is 4.79 Å². The molecule has 2 N–H and O–H groups in total. The second-order valence-electron chi connectivity index (χ2n) is 4.23. The zero-order chi connectivity index (χ0) is 9.90. The van der Waals surface area contributed by atoms with Crippen LogP contribution in [0.4, 0.5) is 0 Å². The fourth-order valence-electron chi connectivity index (χ4n) is 1.85. The summed E-state index contributed by atoms with van der Waals surface area (Å²) in [7, 11) is 0. The van der Waals surface area contributed by atoms with Crippen LogP contribution in [0.15, 0.2) is 0 Å². The highest BCUT2D eigenvalue weighted by molar-refractivity contribution is 5.75. The van der Waals surface area contributed by atoms with Crippen molar-refractivity contribution in [2.75, 3.05) is 6.61 Å². The second kappa shape index (κ2) is 4.09. The maximum atomic E-state index is 11.2. The molecule has 76 valence electrons. The quantitative estimate of drug-likeness (QED) is 0.674. The predicted molar refractivity (Wildman–Crippen MR) is 51.2 cm³/mol. The van der Waals surface area contributed by atoms with E-state index in [-0.39, 0.29) is 5.97 Å². The van der Waals surface area contributed by atoms with E-state index < -0.39 is 6.04 Å². The fraction of sp³-hybridized carbons (Fsp3) is 0.900. The lowest BCUT2D eigenvalue weighted by atomic mass is 9.67. The summed E-state index contributed by atoms with van der Waals surface area (Å²) in [5, 5.41) is 0. The van der Waals surface area contributed by atoms with Gasteiger partial charge in [-0.1, -0.05) is 13.3 Å². The topological polar surface area (TPSA) is 52.3 Å². The van der Waals surface area contributed by atoms with Gasteiger partial charge in [-0.05, 0) is 31.6 Å². The molecule has 1 saturated carbocycles. The number of ether oxygens (including phenoxy) is 1. The van der Waals surface area contributed by atoms with Crippen molar-refractivity contribution in [3.63, 3.8) is 0 Å². The molecule has 0 amide bonds. The highest BCUT2D eigenvalue weighted by atomic mass is 16.5. The molecule has 0 spiro atoms. The summed E-state index contributed by atoms with van der Waals surface area (Å²) in [4.78, 5) is 11.2. The molecule has 13 heavy (non-hydrogen) atoms. The molecule has 0 aliphatic heterocycles. The number of hydrogen-bond donors (Lipinski definition) is 1. The second-order valence-corrected chi connectivity index (χ2v) is 4.23. The average Bonchev–Trinajstić information content (AvgIpc) is 2.02. The van der Waals surface area contributed by atoms with Crippen LogP contribution in [0.2, 0.25) is 0 Å². The Kier molecular flexibility index (Phi) is 3.31. The Morgan fingerprint density at radius 2 is 2.23 bits per heavy atom. The largest absolute Gasteiger partial charge is 0.465 e. The molecule has 0 saturated heterocycles. The molecule has 3 heteroatoms. The van der Waals surface area contributed by atoms with Crippen LogP contribution in [0, 0.1) is 5.41 Å². The van der Waals surface area contributed by atoms with Crippen LogP contribution >= 0.6 is 0 Å². The standard InChI is InChI=1S/C10H19NO2/c1-3-13-9(12)8(11)7-10(2)5-4-6-10/h8H,3-7,11H2,1-2H3. The van der Waals surface area contributed by atoms with Gasteiger partial charge in [0.05, 0.1) is 6.61 Å². The lowest BCUT2D eigenvalue weighted by Crippen LogP contribution is -2.40. The van der Waals surface area contributed by atoms with Crippen LogP contribution in [0.3, 0.4) is 0 Å². The van der Waals surface area contributed by atoms with Gasteiger partial charge in [-0.2, -0.15) is 0 Å². The first-order chi connectivity index (χ1) is 6.07. The molecule has 0 bridgehead atoms. The fourth-order valence-corrected chi connectivity index (χ4v) is 1.85. The summed E-state index contributed by atoms with van der Waals surface area (Å²) in [5.41, 5.74) is 6.02. The Morgan fingerprint density at radius 3 is 2.62 bits per heavy atom. The molecule has 3 nitrogen and oxygen atoms in total. The summed E-state index contributed by atoms with van der Waals surface area (Å²) < 4.78 is 4.85. The van der Waals surface area contributed by atoms with Crippen molar-refractivity contribution in [2.24, 2.45) is 11.1 Å². The van der Waals surface area contributed by atoms with E-state index >= 15 is 0 Å². The molecule has 1 rings (SSSR count). The Bertz CT molecular complexity index is 187. The minimum Gasteiger partial charge on any atom is -0.465 e. The number of nitrogens with two attached hydrogens (primary N) is 1. The van der Waals surface area contributed by atoms with Crippen LogP contribution in [0.25, 0.3) is 0 Å². The Hall–Kier alpha value is -0.570. The van der Waals surface area contributed by atoms with Crippen molar-refractivity contribution in [2.45, 2.75) is 45.6 Å². The van der Waals surface area contributed by atoms with E-state index in [0.29, 0.717) is 12.0 Å². The number of esters is 1. The van der Waals surface area contributed by atoms with Gasteiger partial charge in [0.15, 0.2) is 0 Å². The van der Waals surface area contributed by atoms with Crippen molar-refractivity contribution in [1.29, 1.82) is 0 Å². The van der Waals surface area contributed by atoms with Crippen LogP contribution in [0.5, 0.6) is 0 Å². The molecular formula is C10H19NO2. The zero-order valence-electron chi connectivity index (χ0n) is 8.51. The van der Waals surface area contributed by atoms with E-state index in [4.69, 9.17) is 10.5 Å². The maximum absolute atomic E-state index is 11.2. The first-order valence-corrected chi connectivity index (χ1v) is 4.99. The van der Waals surface area contributed by atoms with Crippen molar-refractivity contribution >= 4 is 5.97 Å². The van der Waals surface area contributed by atoms with E-state index in [2.05, 4.69) is 6.92 Å². The Labute approximate surface area is 79.6 Å². The SMILES string of the molecule is CCOC(=O)C(N)CC1(C)CCC1. The molecule has 0 heterocycles. The van der Waals surface area contributed by atoms with Gasteiger partial charge >= 0.3 is 5.97 Å². The average molecular weight is 185 g/mol. The van der Waals surface area contributed by atoms with Gasteiger partial charge in [-0.15, -0.1) is 0 Å². The summed E-state index contributed by atoms with van der Waals surface area (Å²) in [6.07, 6.45) is 4.43. The van der Waals surface area contributed by atoms with Crippen molar-refractivity contribution in [3.05, 3.63) is 0 Å². The van der Waals surface area contributed by atoms with Crippen molar-refractivity contribution < 1.29 is 9.53 Å². The lowest BCUT2D eigenvalue weighted by molar-refractivity contribution is -0.145. The maximum Gasteiger partial charge on any atom is 0.322 e. The number of carbonyl (C=O) groups is 1. The Morgan fingerprint density at radius 1 is 1.62 bits per heavy atom. The lowest BCUT2D eigenvalue weighted by Gasteiger charge is -2.39. The first kappa shape index (κ1) is 10.5. The Balaban J connectivity index is 2.31. The van der Waals surface area contributed by atoms with E-state index in [1.54, 1.807) is 6.92 Å². The molecular weight excluding hydrogens is 166 g/mol. The molecule has 0 radical (unpaired) electrons. The van der Waals surface area contributed by atoms with Crippen LogP contribution in [-0.2, 0) is 9.53 Å². The van der Waals surface area contributed by atoms with Crippen molar-refractivity contribution in [3.8, 4) is 0 Å². The van der Waals surface area contributed by atoms with Gasteiger partial charge in [0, 0.05) is 0 Å². The van der Waals surface area contributed by atoms with Gasteiger partial charge in [0.1, 0.15) is 6.04 Å². The van der Waals surface area contributed by atoms with Crippen molar-refractivity contribution in [1.82, 2.24) is 0 Å². The van der Waals surface area contributed by atoms with E-state index in [1.165, 1.54) is 19.3 Å². The highest BCUT2D eigenvalue weighted by Gasteiger charge is 2.35.